The molecule has 0 bridgehead atoms. The monoisotopic (exact) mass is 499 g/mol. The SMILES string of the molecule is O=C(Nc1ccccc1O)C1=C[C@@H](c2coc3ccccc3c2=O)C[C@@H](OCc2ccc(CO)cc2)O1. The number of rotatable bonds is 7. The lowest BCUT2D eigenvalue weighted by atomic mass is 9.93. The summed E-state index contributed by atoms with van der Waals surface area (Å²) in [6.45, 7) is 0.146. The summed E-state index contributed by atoms with van der Waals surface area (Å²) in [6, 6.07) is 20.6. The van der Waals surface area contributed by atoms with Gasteiger partial charge in [-0.1, -0.05) is 48.5 Å². The number of phenolic OH excluding ortho intramolecular Hbond substituents is 1. The fourth-order valence-electron chi connectivity index (χ4n) is 4.18. The highest BCUT2D eigenvalue weighted by Crippen LogP contribution is 2.32. The topological polar surface area (TPSA) is 118 Å². The lowest BCUT2D eigenvalue weighted by molar-refractivity contribution is -0.147. The number of fused-ring (bicyclic) bond motifs is 1. The average molecular weight is 500 g/mol. The first-order valence-corrected chi connectivity index (χ1v) is 11.8. The largest absolute Gasteiger partial charge is 0.506 e. The summed E-state index contributed by atoms with van der Waals surface area (Å²) in [4.78, 5) is 26.3. The molecule has 37 heavy (non-hydrogen) atoms. The van der Waals surface area contributed by atoms with Crippen LogP contribution in [0.2, 0.25) is 0 Å². The molecule has 3 N–H and O–H groups in total. The van der Waals surface area contributed by atoms with Crippen LogP contribution in [0.25, 0.3) is 11.0 Å². The second-order valence-corrected chi connectivity index (χ2v) is 8.69. The Morgan fingerprint density at radius 1 is 1.00 bits per heavy atom. The summed E-state index contributed by atoms with van der Waals surface area (Å²) in [6.07, 6.45) is 2.45. The van der Waals surface area contributed by atoms with Gasteiger partial charge in [0.15, 0.2) is 11.2 Å². The molecule has 5 rings (SSSR count). The highest BCUT2D eigenvalue weighted by Gasteiger charge is 2.31. The van der Waals surface area contributed by atoms with Crippen molar-refractivity contribution in [3.63, 3.8) is 0 Å². The third-order valence-corrected chi connectivity index (χ3v) is 6.18. The van der Waals surface area contributed by atoms with Gasteiger partial charge in [0.2, 0.25) is 6.29 Å². The van der Waals surface area contributed by atoms with Gasteiger partial charge in [-0.3, -0.25) is 9.59 Å². The lowest BCUT2D eigenvalue weighted by Gasteiger charge is -2.29. The minimum atomic E-state index is -0.830. The van der Waals surface area contributed by atoms with E-state index in [4.69, 9.17) is 13.9 Å². The average Bonchev–Trinajstić information content (AvgIpc) is 2.93. The second kappa shape index (κ2) is 10.7. The number of phenols is 1. The standard InChI is InChI=1S/C29H25NO7/c31-15-18-9-11-19(12-10-18)16-36-27-14-20(22-17-35-25-8-4-1-5-21(25)28(22)33)13-26(37-27)29(34)30-23-6-2-3-7-24(23)32/h1-13,17,20,27,31-32H,14-16H2,(H,30,34)/t20-,27+/m1/s1. The predicted molar refractivity (Wildman–Crippen MR) is 137 cm³/mol. The van der Waals surface area contributed by atoms with Crippen LogP contribution in [-0.4, -0.2) is 22.4 Å². The maximum atomic E-state index is 13.3. The van der Waals surface area contributed by atoms with Crippen LogP contribution < -0.4 is 10.7 Å². The minimum Gasteiger partial charge on any atom is -0.506 e. The maximum Gasteiger partial charge on any atom is 0.290 e. The normalized spacial score (nSPS) is 17.2. The summed E-state index contributed by atoms with van der Waals surface area (Å²) in [5, 5.41) is 22.4. The van der Waals surface area contributed by atoms with Crippen molar-refractivity contribution in [3.8, 4) is 5.75 Å². The maximum absolute atomic E-state index is 13.3. The van der Waals surface area contributed by atoms with E-state index < -0.39 is 18.1 Å². The number of anilines is 1. The van der Waals surface area contributed by atoms with E-state index >= 15 is 0 Å². The second-order valence-electron chi connectivity index (χ2n) is 8.69. The van der Waals surface area contributed by atoms with Gasteiger partial charge in [0.25, 0.3) is 5.91 Å². The molecule has 0 saturated heterocycles. The van der Waals surface area contributed by atoms with Crippen molar-refractivity contribution in [2.24, 2.45) is 0 Å². The smallest absolute Gasteiger partial charge is 0.290 e. The Morgan fingerprint density at radius 3 is 2.51 bits per heavy atom. The number of benzene rings is 3. The van der Waals surface area contributed by atoms with Gasteiger partial charge in [-0.15, -0.1) is 0 Å². The van der Waals surface area contributed by atoms with Gasteiger partial charge >= 0.3 is 0 Å². The Hall–Kier alpha value is -4.40. The minimum absolute atomic E-state index is 0.0345. The summed E-state index contributed by atoms with van der Waals surface area (Å²) >= 11 is 0. The molecule has 2 atom stereocenters. The molecule has 0 spiro atoms. The van der Waals surface area contributed by atoms with E-state index in [9.17, 15) is 19.8 Å². The Balaban J connectivity index is 1.43. The number of aliphatic hydroxyl groups is 1. The molecule has 1 aliphatic rings. The third kappa shape index (κ3) is 5.40. The number of ether oxygens (including phenoxy) is 2. The number of allylic oxidation sites excluding steroid dienone is 1. The molecule has 0 aliphatic carbocycles. The number of nitrogens with one attached hydrogen (secondary N) is 1. The van der Waals surface area contributed by atoms with Gasteiger partial charge in [-0.25, -0.2) is 0 Å². The number of hydrogen-bond donors (Lipinski definition) is 3. The van der Waals surface area contributed by atoms with Crippen LogP contribution in [0.15, 0.2) is 100 Å². The van der Waals surface area contributed by atoms with E-state index in [1.807, 2.05) is 12.1 Å². The van der Waals surface area contributed by atoms with Gasteiger partial charge in [0.05, 0.1) is 30.6 Å². The zero-order valence-electron chi connectivity index (χ0n) is 19.8. The highest BCUT2D eigenvalue weighted by atomic mass is 16.7. The molecular formula is C29H25NO7. The lowest BCUT2D eigenvalue weighted by Crippen LogP contribution is -2.30. The fraction of sp³-hybridized carbons (Fsp3) is 0.172. The zero-order valence-corrected chi connectivity index (χ0v) is 19.8. The number of hydrogen-bond acceptors (Lipinski definition) is 7. The number of para-hydroxylation sites is 3. The van der Waals surface area contributed by atoms with Crippen molar-refractivity contribution in [1.29, 1.82) is 0 Å². The first-order chi connectivity index (χ1) is 18.0. The van der Waals surface area contributed by atoms with Crippen LogP contribution in [0.1, 0.15) is 29.0 Å². The summed E-state index contributed by atoms with van der Waals surface area (Å²) in [5.41, 5.74) is 2.54. The van der Waals surface area contributed by atoms with Gasteiger partial charge < -0.3 is 29.4 Å². The third-order valence-electron chi connectivity index (χ3n) is 6.18. The molecule has 0 radical (unpaired) electrons. The molecule has 1 amide bonds. The molecule has 2 heterocycles. The predicted octanol–water partition coefficient (Wildman–Crippen LogP) is 4.56. The molecule has 0 saturated carbocycles. The van der Waals surface area contributed by atoms with Crippen molar-refractivity contribution >= 4 is 22.6 Å². The van der Waals surface area contributed by atoms with Crippen LogP contribution in [0.5, 0.6) is 5.75 Å². The highest BCUT2D eigenvalue weighted by molar-refractivity contribution is 6.03. The van der Waals surface area contributed by atoms with Gasteiger partial charge in [-0.2, -0.15) is 0 Å². The van der Waals surface area contributed by atoms with E-state index in [0.29, 0.717) is 16.5 Å². The van der Waals surface area contributed by atoms with Crippen LogP contribution in [-0.2, 0) is 27.5 Å². The first kappa shape index (κ1) is 24.3. The number of aromatic hydroxyl groups is 1. The molecule has 1 aromatic heterocycles. The Bertz CT molecular complexity index is 1510. The van der Waals surface area contributed by atoms with E-state index in [-0.39, 0.29) is 42.3 Å². The summed E-state index contributed by atoms with van der Waals surface area (Å²) < 4.78 is 17.6. The molecule has 0 fully saturated rings. The van der Waals surface area contributed by atoms with E-state index in [1.165, 1.54) is 12.3 Å². The summed E-state index contributed by atoms with van der Waals surface area (Å²) in [7, 11) is 0. The van der Waals surface area contributed by atoms with Crippen LogP contribution in [0, 0.1) is 0 Å². The van der Waals surface area contributed by atoms with Crippen molar-refractivity contribution in [3.05, 3.63) is 118 Å². The van der Waals surface area contributed by atoms with E-state index in [0.717, 1.165) is 11.1 Å². The van der Waals surface area contributed by atoms with Crippen LogP contribution in [0.4, 0.5) is 5.69 Å². The number of carbonyl (C=O) groups is 1. The Kier molecular flexibility index (Phi) is 7.02. The first-order valence-electron chi connectivity index (χ1n) is 11.8. The van der Waals surface area contributed by atoms with Gasteiger partial charge in [0, 0.05) is 17.9 Å². The molecular weight excluding hydrogens is 474 g/mol. The fourth-order valence-corrected chi connectivity index (χ4v) is 4.18. The Labute approximate surface area is 212 Å². The molecule has 4 aromatic rings. The van der Waals surface area contributed by atoms with Crippen LogP contribution >= 0.6 is 0 Å². The quantitative estimate of drug-likeness (QED) is 0.319. The van der Waals surface area contributed by atoms with E-state index in [2.05, 4.69) is 5.32 Å². The number of amides is 1. The number of aliphatic hydroxyl groups excluding tert-OH is 1. The molecule has 8 heteroatoms. The Morgan fingerprint density at radius 2 is 1.73 bits per heavy atom. The van der Waals surface area contributed by atoms with E-state index in [1.54, 1.807) is 60.7 Å². The van der Waals surface area contributed by atoms with Crippen molar-refractivity contribution in [1.82, 2.24) is 0 Å². The van der Waals surface area contributed by atoms with Crippen molar-refractivity contribution in [2.45, 2.75) is 31.8 Å². The zero-order chi connectivity index (χ0) is 25.8. The molecule has 188 valence electrons. The van der Waals surface area contributed by atoms with Crippen molar-refractivity contribution in [2.75, 3.05) is 5.32 Å². The van der Waals surface area contributed by atoms with Crippen LogP contribution in [0.3, 0.4) is 0 Å². The van der Waals surface area contributed by atoms with Crippen molar-refractivity contribution < 1.29 is 28.9 Å². The molecule has 1 aliphatic heterocycles. The molecule has 0 unspecified atom stereocenters. The van der Waals surface area contributed by atoms with Gasteiger partial charge in [-0.05, 0) is 41.5 Å². The number of carbonyl (C=O) groups excluding carboxylic acids is 1. The van der Waals surface area contributed by atoms with Gasteiger partial charge in [0.1, 0.15) is 11.3 Å². The summed E-state index contributed by atoms with van der Waals surface area (Å²) in [5.74, 6) is -1.22. The molecule has 3 aromatic carbocycles. The molecule has 8 nitrogen and oxygen atoms in total.